The normalized spacial score (nSPS) is 18.7. The fraction of sp³-hybridized carbons (Fsp3) is 0.429. The minimum atomic E-state index is -4.00. The van der Waals surface area contributed by atoms with Crippen LogP contribution >= 0.6 is 0 Å². The number of benzene rings is 2. The highest BCUT2D eigenvalue weighted by atomic mass is 32.2. The van der Waals surface area contributed by atoms with Crippen LogP contribution in [-0.4, -0.2) is 92.6 Å². The van der Waals surface area contributed by atoms with Crippen LogP contribution in [0.1, 0.15) is 19.4 Å². The topological polar surface area (TPSA) is 160 Å². The first-order valence-electron chi connectivity index (χ1n) is 13.6. The number of hydrogen-bond donors (Lipinski definition) is 2. The van der Waals surface area contributed by atoms with Crippen LogP contribution in [0.15, 0.2) is 64.9 Å². The quantitative estimate of drug-likeness (QED) is 0.338. The van der Waals surface area contributed by atoms with E-state index in [4.69, 9.17) is 9.47 Å². The van der Waals surface area contributed by atoms with Crippen molar-refractivity contribution in [2.24, 2.45) is 13.0 Å². The number of sulfonamides is 2. The lowest BCUT2D eigenvalue weighted by molar-refractivity contribution is -0.134. The zero-order valence-corrected chi connectivity index (χ0v) is 26.3. The van der Waals surface area contributed by atoms with Gasteiger partial charge in [0.05, 0.1) is 43.9 Å². The number of hydrogen-bond acceptors (Lipinski definition) is 9. The number of nitrogens with zero attached hydrogens (tertiary/aromatic N) is 4. The average Bonchev–Trinajstić information content (AvgIpc) is 3.43. The van der Waals surface area contributed by atoms with E-state index < -0.39 is 32.2 Å². The summed E-state index contributed by atoms with van der Waals surface area (Å²) in [6.45, 7) is 3.46. The van der Waals surface area contributed by atoms with E-state index in [0.29, 0.717) is 17.1 Å². The van der Waals surface area contributed by atoms with Crippen molar-refractivity contribution in [2.45, 2.75) is 42.3 Å². The van der Waals surface area contributed by atoms with Crippen molar-refractivity contribution in [1.29, 1.82) is 0 Å². The highest BCUT2D eigenvalue weighted by Crippen LogP contribution is 2.30. The Morgan fingerprint density at radius 2 is 1.88 bits per heavy atom. The molecule has 0 aliphatic carbocycles. The molecule has 3 aromatic rings. The lowest BCUT2D eigenvalue weighted by Gasteiger charge is -2.33. The van der Waals surface area contributed by atoms with Gasteiger partial charge in [0.1, 0.15) is 17.6 Å². The van der Waals surface area contributed by atoms with Gasteiger partial charge in [0.2, 0.25) is 15.9 Å². The van der Waals surface area contributed by atoms with E-state index in [9.17, 15) is 26.7 Å². The van der Waals surface area contributed by atoms with Crippen LogP contribution in [0, 0.1) is 5.92 Å². The molecule has 0 saturated heterocycles. The molecule has 2 heterocycles. The molecule has 1 aliphatic rings. The second-order valence-electron chi connectivity index (χ2n) is 10.7. The molecule has 0 radical (unpaired) electrons. The number of amides is 1. The highest BCUT2D eigenvalue weighted by molar-refractivity contribution is 7.92. The number of rotatable bonds is 10. The van der Waals surface area contributed by atoms with Gasteiger partial charge in [-0.1, -0.05) is 6.92 Å². The van der Waals surface area contributed by atoms with Gasteiger partial charge < -0.3 is 24.0 Å². The van der Waals surface area contributed by atoms with E-state index in [2.05, 4.69) is 9.71 Å². The third-order valence-electron chi connectivity index (χ3n) is 7.33. The molecule has 0 bridgehead atoms. The van der Waals surface area contributed by atoms with Gasteiger partial charge >= 0.3 is 0 Å². The summed E-state index contributed by atoms with van der Waals surface area (Å²) in [6.07, 6.45) is 1.91. The number of ether oxygens (including phenoxy) is 2. The number of anilines is 1. The number of fused-ring (bicyclic) bond motifs is 1. The van der Waals surface area contributed by atoms with Crippen molar-refractivity contribution in [3.63, 3.8) is 0 Å². The molecule has 0 spiro atoms. The van der Waals surface area contributed by atoms with Crippen molar-refractivity contribution < 1.29 is 36.2 Å². The smallest absolute Gasteiger partial charge is 0.280 e. The van der Waals surface area contributed by atoms with E-state index in [1.54, 1.807) is 37.1 Å². The van der Waals surface area contributed by atoms with E-state index in [0.717, 1.165) is 0 Å². The Kier molecular flexibility index (Phi) is 9.69. The fourth-order valence-electron chi connectivity index (χ4n) is 4.73. The maximum Gasteiger partial charge on any atom is 0.280 e. The number of aliphatic hydroxyl groups excluding tert-OH is 1. The van der Waals surface area contributed by atoms with Gasteiger partial charge in [-0.15, -0.1) is 0 Å². The monoisotopic (exact) mass is 635 g/mol. The summed E-state index contributed by atoms with van der Waals surface area (Å²) in [5.74, 6) is 0.207. The number of aromatic nitrogens is 2. The van der Waals surface area contributed by atoms with Gasteiger partial charge in [-0.05, 0) is 49.4 Å². The van der Waals surface area contributed by atoms with Crippen molar-refractivity contribution in [2.75, 3.05) is 38.6 Å². The van der Waals surface area contributed by atoms with Crippen molar-refractivity contribution in [3.05, 3.63) is 60.6 Å². The molecule has 2 aromatic carbocycles. The number of imidazole rings is 1. The molecule has 2 N–H and O–H groups in total. The predicted molar refractivity (Wildman–Crippen MR) is 159 cm³/mol. The molecule has 0 fully saturated rings. The number of carbonyl (C=O) groups excluding carboxylic acids is 1. The van der Waals surface area contributed by atoms with E-state index in [1.807, 2.05) is 6.92 Å². The molecule has 1 aliphatic heterocycles. The predicted octanol–water partition coefficient (Wildman–Crippen LogP) is 1.70. The number of aliphatic hydroxyl groups is 1. The summed E-state index contributed by atoms with van der Waals surface area (Å²) in [6, 6.07) is 10.1. The number of methoxy groups -OCH3 is 1. The number of carbonyl (C=O) groups is 1. The number of aryl methyl sites for hydroxylation is 1. The van der Waals surface area contributed by atoms with Crippen molar-refractivity contribution in [3.8, 4) is 11.5 Å². The third-order valence-corrected chi connectivity index (χ3v) is 10.4. The second kappa shape index (κ2) is 12.9. The van der Waals surface area contributed by atoms with Gasteiger partial charge in [-0.25, -0.2) is 13.4 Å². The first kappa shape index (κ1) is 32.3. The van der Waals surface area contributed by atoms with Crippen LogP contribution in [0.25, 0.3) is 0 Å². The SMILES string of the molecule is COc1ccc(S(=O)(=O)N(C)C[C@H]2Oc3ccc(NS(=O)(=O)c4cn(C)cn4)cc3CC(=O)N([C@@H](C)CO)C[C@H]2C)cc1. The lowest BCUT2D eigenvalue weighted by Crippen LogP contribution is -2.48. The minimum Gasteiger partial charge on any atom is -0.497 e. The Labute approximate surface area is 252 Å². The third kappa shape index (κ3) is 7.29. The minimum absolute atomic E-state index is 0.0431. The lowest BCUT2D eigenvalue weighted by atomic mass is 10.0. The molecule has 1 aromatic heterocycles. The molecule has 234 valence electrons. The molecule has 1 amide bonds. The summed E-state index contributed by atoms with van der Waals surface area (Å²) < 4.78 is 69.3. The first-order chi connectivity index (χ1) is 20.2. The van der Waals surface area contributed by atoms with E-state index >= 15 is 0 Å². The van der Waals surface area contributed by atoms with Gasteiger partial charge in [0.15, 0.2) is 5.03 Å². The Bertz CT molecular complexity index is 1660. The van der Waals surface area contributed by atoms with Crippen LogP contribution in [0.4, 0.5) is 5.69 Å². The molecular formula is C28H37N5O8S2. The molecule has 13 nitrogen and oxygen atoms in total. The Morgan fingerprint density at radius 3 is 2.49 bits per heavy atom. The standard InChI is InChI=1S/C28H37N5O8S2/c1-19-14-33(20(2)17-34)28(35)13-21-12-22(30-42(36,37)27-16-31(3)18-29-27)6-11-25(21)41-26(19)15-32(4)43(38,39)24-9-7-23(40-5)8-10-24/h6-12,16,18-20,26,30,34H,13-15,17H2,1-5H3/t19-,20+,26-/m1/s1. The molecule has 0 saturated carbocycles. The van der Waals surface area contributed by atoms with Gasteiger partial charge in [-0.3, -0.25) is 9.52 Å². The molecule has 0 unspecified atom stereocenters. The largest absolute Gasteiger partial charge is 0.497 e. The molecular weight excluding hydrogens is 598 g/mol. The van der Waals surface area contributed by atoms with Crippen LogP contribution in [-0.2, 0) is 38.3 Å². The average molecular weight is 636 g/mol. The van der Waals surface area contributed by atoms with Crippen LogP contribution in [0.5, 0.6) is 11.5 Å². The summed E-state index contributed by atoms with van der Waals surface area (Å²) in [7, 11) is -3.30. The molecule has 4 rings (SSSR count). The van der Waals surface area contributed by atoms with E-state index in [1.165, 1.54) is 59.8 Å². The van der Waals surface area contributed by atoms with Gasteiger partial charge in [-0.2, -0.15) is 12.7 Å². The maximum absolute atomic E-state index is 13.5. The van der Waals surface area contributed by atoms with Gasteiger partial charge in [0, 0.05) is 44.0 Å². The summed E-state index contributed by atoms with van der Waals surface area (Å²) >= 11 is 0. The van der Waals surface area contributed by atoms with Crippen LogP contribution in [0.2, 0.25) is 0 Å². The van der Waals surface area contributed by atoms with Crippen LogP contribution < -0.4 is 14.2 Å². The van der Waals surface area contributed by atoms with Gasteiger partial charge in [0.25, 0.3) is 10.0 Å². The number of nitrogens with one attached hydrogen (secondary N) is 1. The van der Waals surface area contributed by atoms with E-state index in [-0.39, 0.29) is 53.6 Å². The Balaban J connectivity index is 1.67. The summed E-state index contributed by atoms with van der Waals surface area (Å²) in [4.78, 5) is 19.0. The second-order valence-corrected chi connectivity index (χ2v) is 14.3. The number of likely N-dealkylation sites (N-methyl/N-ethyl adjacent to an activating group) is 1. The summed E-state index contributed by atoms with van der Waals surface area (Å²) in [5, 5.41) is 9.71. The molecule has 3 atom stereocenters. The van der Waals surface area contributed by atoms with Crippen LogP contribution in [0.3, 0.4) is 0 Å². The first-order valence-corrected chi connectivity index (χ1v) is 16.5. The van der Waals surface area contributed by atoms with Crippen molar-refractivity contribution >= 4 is 31.6 Å². The van der Waals surface area contributed by atoms with Crippen molar-refractivity contribution in [1.82, 2.24) is 18.8 Å². The Morgan fingerprint density at radius 1 is 1.19 bits per heavy atom. The molecule has 15 heteroatoms. The maximum atomic E-state index is 13.5. The Hall–Kier alpha value is -3.66. The molecule has 43 heavy (non-hydrogen) atoms. The fourth-order valence-corrected chi connectivity index (χ4v) is 6.94. The zero-order chi connectivity index (χ0) is 31.5. The highest BCUT2D eigenvalue weighted by Gasteiger charge is 2.33. The zero-order valence-electron chi connectivity index (χ0n) is 24.7. The summed E-state index contributed by atoms with van der Waals surface area (Å²) in [5.41, 5.74) is 0.603.